The fourth-order valence-corrected chi connectivity index (χ4v) is 2.44. The molecule has 0 aliphatic rings. The SMILES string of the molecule is COc1cc(Br)c(CNCCCn2ccnn2)cc1OC. The number of benzene rings is 1. The molecule has 1 aromatic heterocycles. The third-order valence-corrected chi connectivity index (χ3v) is 3.82. The highest BCUT2D eigenvalue weighted by atomic mass is 79.9. The summed E-state index contributed by atoms with van der Waals surface area (Å²) >= 11 is 3.55. The largest absolute Gasteiger partial charge is 0.493 e. The fraction of sp³-hybridized carbons (Fsp3) is 0.429. The number of halogens is 1. The molecule has 6 nitrogen and oxygen atoms in total. The van der Waals surface area contributed by atoms with Crippen molar-refractivity contribution in [2.24, 2.45) is 0 Å². The maximum atomic E-state index is 5.32. The van der Waals surface area contributed by atoms with Gasteiger partial charge in [0, 0.05) is 23.8 Å². The number of nitrogens with zero attached hydrogens (tertiary/aromatic N) is 3. The summed E-state index contributed by atoms with van der Waals surface area (Å²) in [5.74, 6) is 1.46. The number of rotatable bonds is 8. The van der Waals surface area contributed by atoms with Crippen LogP contribution in [-0.4, -0.2) is 35.8 Å². The Balaban J connectivity index is 1.82. The van der Waals surface area contributed by atoms with Crippen molar-refractivity contribution in [2.45, 2.75) is 19.5 Å². The number of methoxy groups -OCH3 is 2. The molecule has 7 heteroatoms. The predicted octanol–water partition coefficient (Wildman–Crippen LogP) is 2.24. The van der Waals surface area contributed by atoms with E-state index in [-0.39, 0.29) is 0 Å². The quantitative estimate of drug-likeness (QED) is 0.736. The average molecular weight is 355 g/mol. The third kappa shape index (κ3) is 4.44. The van der Waals surface area contributed by atoms with Gasteiger partial charge in [0.25, 0.3) is 0 Å². The molecule has 0 unspecified atom stereocenters. The van der Waals surface area contributed by atoms with E-state index >= 15 is 0 Å². The lowest BCUT2D eigenvalue weighted by molar-refractivity contribution is 0.354. The van der Waals surface area contributed by atoms with Gasteiger partial charge in [-0.2, -0.15) is 0 Å². The van der Waals surface area contributed by atoms with Gasteiger partial charge in [-0.15, -0.1) is 5.10 Å². The van der Waals surface area contributed by atoms with Crippen LogP contribution in [0.5, 0.6) is 11.5 Å². The van der Waals surface area contributed by atoms with Gasteiger partial charge < -0.3 is 14.8 Å². The summed E-state index contributed by atoms with van der Waals surface area (Å²) < 4.78 is 13.4. The minimum atomic E-state index is 0.722. The van der Waals surface area contributed by atoms with E-state index in [4.69, 9.17) is 9.47 Å². The number of hydrogen-bond acceptors (Lipinski definition) is 5. The Morgan fingerprint density at radius 3 is 2.67 bits per heavy atom. The van der Waals surface area contributed by atoms with Crippen molar-refractivity contribution >= 4 is 15.9 Å². The van der Waals surface area contributed by atoms with Crippen LogP contribution in [0.25, 0.3) is 0 Å². The summed E-state index contributed by atoms with van der Waals surface area (Å²) in [7, 11) is 3.27. The second-order valence-electron chi connectivity index (χ2n) is 4.50. The van der Waals surface area contributed by atoms with Gasteiger partial charge in [-0.05, 0) is 30.7 Å². The number of nitrogens with one attached hydrogen (secondary N) is 1. The Labute approximate surface area is 132 Å². The molecule has 1 N–H and O–H groups in total. The number of ether oxygens (including phenoxy) is 2. The van der Waals surface area contributed by atoms with Crippen LogP contribution in [0.15, 0.2) is 29.0 Å². The number of hydrogen-bond donors (Lipinski definition) is 1. The first-order valence-electron chi connectivity index (χ1n) is 6.70. The van der Waals surface area contributed by atoms with E-state index < -0.39 is 0 Å². The zero-order valence-corrected chi connectivity index (χ0v) is 13.8. The summed E-state index contributed by atoms with van der Waals surface area (Å²) in [5, 5.41) is 11.1. The molecule has 0 saturated heterocycles. The standard InChI is InChI=1S/C14H19BrN4O2/c1-20-13-8-11(12(15)9-14(13)21-2)10-16-4-3-6-19-7-5-17-18-19/h5,7-9,16H,3-4,6,10H2,1-2H3. The number of aryl methyl sites for hydroxylation is 1. The van der Waals surface area contributed by atoms with E-state index in [9.17, 15) is 0 Å². The molecule has 1 heterocycles. The molecule has 0 radical (unpaired) electrons. The molecule has 0 bridgehead atoms. The molecule has 0 saturated carbocycles. The lowest BCUT2D eigenvalue weighted by atomic mass is 10.2. The molecule has 2 rings (SSSR count). The summed E-state index contributed by atoms with van der Waals surface area (Å²) in [6, 6.07) is 3.90. The molecule has 0 atom stereocenters. The second kappa shape index (κ2) is 7.99. The van der Waals surface area contributed by atoms with Crippen molar-refractivity contribution in [1.29, 1.82) is 0 Å². The smallest absolute Gasteiger partial charge is 0.161 e. The Hall–Kier alpha value is -1.60. The topological polar surface area (TPSA) is 61.2 Å². The highest BCUT2D eigenvalue weighted by Crippen LogP contribution is 2.33. The molecule has 0 fully saturated rings. The Morgan fingerprint density at radius 2 is 2.00 bits per heavy atom. The highest BCUT2D eigenvalue weighted by molar-refractivity contribution is 9.10. The van der Waals surface area contributed by atoms with E-state index in [1.807, 2.05) is 23.0 Å². The van der Waals surface area contributed by atoms with Gasteiger partial charge in [-0.3, -0.25) is 4.68 Å². The lowest BCUT2D eigenvalue weighted by Gasteiger charge is -2.12. The predicted molar refractivity (Wildman–Crippen MR) is 83.6 cm³/mol. The summed E-state index contributed by atoms with van der Waals surface area (Å²) in [6.07, 6.45) is 4.55. The van der Waals surface area contributed by atoms with Gasteiger partial charge in [0.2, 0.25) is 0 Å². The molecule has 21 heavy (non-hydrogen) atoms. The molecule has 114 valence electrons. The maximum absolute atomic E-state index is 5.32. The molecule has 0 aliphatic carbocycles. The Kier molecular flexibility index (Phi) is 6.01. The van der Waals surface area contributed by atoms with Crippen molar-refractivity contribution in [3.05, 3.63) is 34.6 Å². The van der Waals surface area contributed by atoms with Crippen molar-refractivity contribution in [3.8, 4) is 11.5 Å². The van der Waals surface area contributed by atoms with Gasteiger partial charge in [-0.1, -0.05) is 21.1 Å². The minimum absolute atomic E-state index is 0.722. The third-order valence-electron chi connectivity index (χ3n) is 3.08. The lowest BCUT2D eigenvalue weighted by Crippen LogP contribution is -2.17. The molecule has 0 amide bonds. The Morgan fingerprint density at radius 1 is 1.24 bits per heavy atom. The summed E-state index contributed by atoms with van der Waals surface area (Å²) in [4.78, 5) is 0. The van der Waals surface area contributed by atoms with Crippen molar-refractivity contribution < 1.29 is 9.47 Å². The van der Waals surface area contributed by atoms with Gasteiger partial charge in [0.15, 0.2) is 11.5 Å². The van der Waals surface area contributed by atoms with Crippen LogP contribution in [0.1, 0.15) is 12.0 Å². The minimum Gasteiger partial charge on any atom is -0.493 e. The molecular weight excluding hydrogens is 336 g/mol. The van der Waals surface area contributed by atoms with E-state index in [1.54, 1.807) is 20.4 Å². The zero-order chi connectivity index (χ0) is 15.1. The van der Waals surface area contributed by atoms with Crippen molar-refractivity contribution in [3.63, 3.8) is 0 Å². The van der Waals surface area contributed by atoms with Crippen molar-refractivity contribution in [2.75, 3.05) is 20.8 Å². The highest BCUT2D eigenvalue weighted by Gasteiger charge is 2.09. The second-order valence-corrected chi connectivity index (χ2v) is 5.35. The van der Waals surface area contributed by atoms with E-state index in [1.165, 1.54) is 0 Å². The van der Waals surface area contributed by atoms with Crippen LogP contribution in [-0.2, 0) is 13.1 Å². The van der Waals surface area contributed by atoms with Crippen molar-refractivity contribution in [1.82, 2.24) is 20.3 Å². The normalized spacial score (nSPS) is 10.6. The number of aromatic nitrogens is 3. The zero-order valence-electron chi connectivity index (χ0n) is 12.2. The molecule has 2 aromatic rings. The average Bonchev–Trinajstić information content (AvgIpc) is 3.01. The molecular formula is C14H19BrN4O2. The van der Waals surface area contributed by atoms with E-state index in [0.717, 1.165) is 47.6 Å². The van der Waals surface area contributed by atoms with Crippen LogP contribution >= 0.6 is 15.9 Å². The van der Waals surface area contributed by atoms with Gasteiger partial charge in [-0.25, -0.2) is 0 Å². The maximum Gasteiger partial charge on any atom is 0.161 e. The monoisotopic (exact) mass is 354 g/mol. The summed E-state index contributed by atoms with van der Waals surface area (Å²) in [6.45, 7) is 2.53. The van der Waals surface area contributed by atoms with Crippen LogP contribution < -0.4 is 14.8 Å². The van der Waals surface area contributed by atoms with Crippen LogP contribution in [0.2, 0.25) is 0 Å². The van der Waals surface area contributed by atoms with E-state index in [2.05, 4.69) is 31.6 Å². The van der Waals surface area contributed by atoms with Gasteiger partial charge in [0.05, 0.1) is 20.4 Å². The first-order valence-corrected chi connectivity index (χ1v) is 7.49. The van der Waals surface area contributed by atoms with E-state index in [0.29, 0.717) is 0 Å². The first-order chi connectivity index (χ1) is 10.2. The van der Waals surface area contributed by atoms with Gasteiger partial charge in [0.1, 0.15) is 0 Å². The Bertz CT molecular complexity index is 560. The van der Waals surface area contributed by atoms with Crippen LogP contribution in [0.4, 0.5) is 0 Å². The molecule has 0 spiro atoms. The first kappa shape index (κ1) is 15.8. The van der Waals surface area contributed by atoms with Crippen LogP contribution in [0.3, 0.4) is 0 Å². The molecule has 1 aromatic carbocycles. The van der Waals surface area contributed by atoms with Gasteiger partial charge >= 0.3 is 0 Å². The fourth-order valence-electron chi connectivity index (χ4n) is 1.97. The summed E-state index contributed by atoms with van der Waals surface area (Å²) in [5.41, 5.74) is 1.13. The van der Waals surface area contributed by atoms with Crippen LogP contribution in [0, 0.1) is 0 Å². The molecule has 0 aliphatic heterocycles.